The summed E-state index contributed by atoms with van der Waals surface area (Å²) in [4.78, 5) is 24.7. The predicted octanol–water partition coefficient (Wildman–Crippen LogP) is 3.19. The number of rotatable bonds is 2. The number of benzene rings is 1. The van der Waals surface area contributed by atoms with Gasteiger partial charge in [0.15, 0.2) is 0 Å². The van der Waals surface area contributed by atoms with Gasteiger partial charge in [0, 0.05) is 13.0 Å². The summed E-state index contributed by atoms with van der Waals surface area (Å²) in [5.74, 6) is 0.162. The Morgan fingerprint density at radius 1 is 1.40 bits per heavy atom. The van der Waals surface area contributed by atoms with Crippen molar-refractivity contribution in [1.29, 1.82) is 0 Å². The molecule has 0 spiro atoms. The van der Waals surface area contributed by atoms with Gasteiger partial charge in [-0.05, 0) is 44.7 Å². The Kier molecular flexibility index (Phi) is 4.12. The van der Waals surface area contributed by atoms with Crippen LogP contribution in [0.3, 0.4) is 0 Å². The highest BCUT2D eigenvalue weighted by molar-refractivity contribution is 5.89. The summed E-state index contributed by atoms with van der Waals surface area (Å²) in [7, 11) is 0. The fourth-order valence-electron chi connectivity index (χ4n) is 2.46. The smallest absolute Gasteiger partial charge is 0.414 e. The number of carbonyl (C=O) groups is 2. The van der Waals surface area contributed by atoms with Gasteiger partial charge in [-0.25, -0.2) is 4.79 Å². The number of anilines is 1. The molecule has 2 rings (SSSR count). The molecular formula is C16H21NO3. The maximum absolute atomic E-state index is 12.3. The third kappa shape index (κ3) is 3.38. The van der Waals surface area contributed by atoms with Gasteiger partial charge in [0.25, 0.3) is 0 Å². The highest BCUT2D eigenvalue weighted by Gasteiger charge is 2.31. The lowest BCUT2D eigenvalue weighted by molar-refractivity contribution is -0.108. The first-order valence-electron chi connectivity index (χ1n) is 6.93. The Balaban J connectivity index is 2.26. The molecule has 108 valence electrons. The molecule has 0 saturated heterocycles. The minimum absolute atomic E-state index is 0.162. The van der Waals surface area contributed by atoms with E-state index in [1.54, 1.807) is 4.90 Å². The number of hydrogen-bond acceptors (Lipinski definition) is 3. The molecule has 0 fully saturated rings. The van der Waals surface area contributed by atoms with Gasteiger partial charge in [0.1, 0.15) is 11.9 Å². The predicted molar refractivity (Wildman–Crippen MR) is 77.9 cm³/mol. The monoisotopic (exact) mass is 275 g/mol. The van der Waals surface area contributed by atoms with Crippen molar-refractivity contribution in [3.05, 3.63) is 29.8 Å². The Labute approximate surface area is 119 Å². The van der Waals surface area contributed by atoms with Crippen LogP contribution in [0.25, 0.3) is 0 Å². The molecule has 1 atom stereocenters. The second-order valence-electron chi connectivity index (χ2n) is 6.19. The molecule has 20 heavy (non-hydrogen) atoms. The molecule has 0 bridgehead atoms. The van der Waals surface area contributed by atoms with Crippen molar-refractivity contribution in [1.82, 2.24) is 0 Å². The van der Waals surface area contributed by atoms with Crippen LogP contribution in [0.5, 0.6) is 0 Å². The Morgan fingerprint density at radius 3 is 2.75 bits per heavy atom. The summed E-state index contributed by atoms with van der Waals surface area (Å²) in [6, 6.07) is 7.80. The quantitative estimate of drug-likeness (QED) is 0.779. The lowest BCUT2D eigenvalue weighted by Gasteiger charge is -2.35. The Bertz CT molecular complexity index is 505. The second kappa shape index (κ2) is 5.65. The topological polar surface area (TPSA) is 46.6 Å². The van der Waals surface area contributed by atoms with Gasteiger partial charge >= 0.3 is 6.09 Å². The van der Waals surface area contributed by atoms with E-state index in [9.17, 15) is 9.59 Å². The van der Waals surface area contributed by atoms with Crippen LogP contribution in [0.4, 0.5) is 10.5 Å². The van der Waals surface area contributed by atoms with E-state index < -0.39 is 5.60 Å². The number of aldehydes is 1. The SMILES string of the molecule is CC(C)(C)OC(=O)N1CC(CC=O)Cc2ccccc21. The maximum Gasteiger partial charge on any atom is 0.414 e. The number of carbonyl (C=O) groups excluding carboxylic acids is 2. The van der Waals surface area contributed by atoms with Gasteiger partial charge in [-0.1, -0.05) is 18.2 Å². The van der Waals surface area contributed by atoms with Crippen LogP contribution in [0.2, 0.25) is 0 Å². The minimum Gasteiger partial charge on any atom is -0.443 e. The van der Waals surface area contributed by atoms with Gasteiger partial charge < -0.3 is 9.53 Å². The Hall–Kier alpha value is -1.84. The largest absolute Gasteiger partial charge is 0.443 e. The molecule has 1 aromatic rings. The van der Waals surface area contributed by atoms with Crippen molar-refractivity contribution in [2.75, 3.05) is 11.4 Å². The van der Waals surface area contributed by atoms with Gasteiger partial charge in [0.2, 0.25) is 0 Å². The average Bonchev–Trinajstić information content (AvgIpc) is 2.36. The zero-order valence-electron chi connectivity index (χ0n) is 12.3. The van der Waals surface area contributed by atoms with E-state index in [4.69, 9.17) is 4.74 Å². The van der Waals surface area contributed by atoms with Crippen LogP contribution in [0.1, 0.15) is 32.8 Å². The summed E-state index contributed by atoms with van der Waals surface area (Å²) < 4.78 is 5.46. The van der Waals surface area contributed by atoms with E-state index in [0.29, 0.717) is 13.0 Å². The normalized spacial score (nSPS) is 18.4. The van der Waals surface area contributed by atoms with Crippen LogP contribution in [0, 0.1) is 5.92 Å². The van der Waals surface area contributed by atoms with Crippen LogP contribution >= 0.6 is 0 Å². The Morgan fingerprint density at radius 2 is 2.10 bits per heavy atom. The molecule has 4 nitrogen and oxygen atoms in total. The summed E-state index contributed by atoms with van der Waals surface area (Å²) in [5.41, 5.74) is 1.46. The molecule has 0 N–H and O–H groups in total. The molecule has 0 aliphatic carbocycles. The zero-order valence-corrected chi connectivity index (χ0v) is 12.3. The van der Waals surface area contributed by atoms with Crippen molar-refractivity contribution < 1.29 is 14.3 Å². The zero-order chi connectivity index (χ0) is 14.8. The van der Waals surface area contributed by atoms with Crippen LogP contribution < -0.4 is 4.90 Å². The molecule has 1 heterocycles. The number of hydrogen-bond donors (Lipinski definition) is 0. The number of fused-ring (bicyclic) bond motifs is 1. The van der Waals surface area contributed by atoms with E-state index in [-0.39, 0.29) is 12.0 Å². The van der Waals surface area contributed by atoms with Crippen molar-refractivity contribution in [3.8, 4) is 0 Å². The molecule has 1 aromatic carbocycles. The number of ether oxygens (including phenoxy) is 1. The van der Waals surface area contributed by atoms with Crippen molar-refractivity contribution in [2.24, 2.45) is 5.92 Å². The van der Waals surface area contributed by atoms with Crippen LogP contribution in [0.15, 0.2) is 24.3 Å². The summed E-state index contributed by atoms with van der Waals surface area (Å²) in [6.07, 6.45) is 1.87. The number of nitrogens with zero attached hydrogens (tertiary/aromatic N) is 1. The van der Waals surface area contributed by atoms with E-state index in [0.717, 1.165) is 24.0 Å². The summed E-state index contributed by atoms with van der Waals surface area (Å²) in [5, 5.41) is 0. The standard InChI is InChI=1S/C16H21NO3/c1-16(2,3)20-15(19)17-11-12(8-9-18)10-13-6-4-5-7-14(13)17/h4-7,9,12H,8,10-11H2,1-3H3. The van der Waals surface area contributed by atoms with Gasteiger partial charge in [0.05, 0.1) is 5.69 Å². The highest BCUT2D eigenvalue weighted by atomic mass is 16.6. The second-order valence-corrected chi connectivity index (χ2v) is 6.19. The molecule has 1 aliphatic rings. The van der Waals surface area contributed by atoms with E-state index in [1.165, 1.54) is 0 Å². The maximum atomic E-state index is 12.3. The van der Waals surface area contributed by atoms with E-state index in [2.05, 4.69) is 0 Å². The van der Waals surface area contributed by atoms with E-state index >= 15 is 0 Å². The van der Waals surface area contributed by atoms with Crippen LogP contribution in [-0.4, -0.2) is 24.5 Å². The molecule has 0 aromatic heterocycles. The first-order valence-corrected chi connectivity index (χ1v) is 6.93. The van der Waals surface area contributed by atoms with Gasteiger partial charge in [-0.15, -0.1) is 0 Å². The van der Waals surface area contributed by atoms with Crippen molar-refractivity contribution in [3.63, 3.8) is 0 Å². The van der Waals surface area contributed by atoms with Crippen molar-refractivity contribution >= 4 is 18.1 Å². The molecule has 4 heteroatoms. The average molecular weight is 275 g/mol. The van der Waals surface area contributed by atoms with E-state index in [1.807, 2.05) is 45.0 Å². The lowest BCUT2D eigenvalue weighted by Crippen LogP contribution is -2.43. The molecule has 0 radical (unpaired) electrons. The fraction of sp³-hybridized carbons (Fsp3) is 0.500. The fourth-order valence-corrected chi connectivity index (χ4v) is 2.46. The molecule has 1 aliphatic heterocycles. The number of amides is 1. The third-order valence-electron chi connectivity index (χ3n) is 3.28. The van der Waals surface area contributed by atoms with Gasteiger partial charge in [-0.3, -0.25) is 4.90 Å². The van der Waals surface area contributed by atoms with Gasteiger partial charge in [-0.2, -0.15) is 0 Å². The summed E-state index contributed by atoms with van der Waals surface area (Å²) in [6.45, 7) is 6.08. The molecule has 1 amide bonds. The first kappa shape index (κ1) is 14.6. The molecular weight excluding hydrogens is 254 g/mol. The molecule has 0 saturated carbocycles. The van der Waals surface area contributed by atoms with Crippen molar-refractivity contribution in [2.45, 2.75) is 39.2 Å². The molecule has 1 unspecified atom stereocenters. The third-order valence-corrected chi connectivity index (χ3v) is 3.28. The van der Waals surface area contributed by atoms with Crippen LogP contribution in [-0.2, 0) is 16.0 Å². The lowest BCUT2D eigenvalue weighted by atomic mass is 9.91. The number of para-hydroxylation sites is 1. The highest BCUT2D eigenvalue weighted by Crippen LogP contribution is 2.31. The minimum atomic E-state index is -0.524. The first-order chi connectivity index (χ1) is 9.40. The summed E-state index contributed by atoms with van der Waals surface area (Å²) >= 11 is 0.